The zero-order chi connectivity index (χ0) is 13.2. The molecule has 0 bridgehead atoms. The summed E-state index contributed by atoms with van der Waals surface area (Å²) in [6.07, 6.45) is 0. The molecule has 0 fully saturated rings. The highest BCUT2D eigenvalue weighted by atomic mass is 79.9. The summed E-state index contributed by atoms with van der Waals surface area (Å²) in [5.41, 5.74) is 1.74. The molecule has 0 saturated carbocycles. The van der Waals surface area contributed by atoms with E-state index >= 15 is 0 Å². The van der Waals surface area contributed by atoms with Crippen molar-refractivity contribution in [2.75, 3.05) is 12.1 Å². The van der Waals surface area contributed by atoms with Crippen LogP contribution in [0.25, 0.3) is 0 Å². The van der Waals surface area contributed by atoms with E-state index in [2.05, 4.69) is 21.2 Å². The molecule has 2 N–H and O–H groups in total. The predicted octanol–water partition coefficient (Wildman–Crippen LogP) is 3.50. The van der Waals surface area contributed by atoms with E-state index in [0.717, 1.165) is 15.7 Å². The largest absolute Gasteiger partial charge is 0.507 e. The lowest BCUT2D eigenvalue weighted by molar-refractivity contribution is 0.174. The van der Waals surface area contributed by atoms with Crippen molar-refractivity contribution in [3.8, 4) is 17.2 Å². The number of phenols is 1. The first kappa shape index (κ1) is 12.2. The van der Waals surface area contributed by atoms with Gasteiger partial charge >= 0.3 is 0 Å². The van der Waals surface area contributed by atoms with Crippen molar-refractivity contribution in [2.45, 2.75) is 6.54 Å². The van der Waals surface area contributed by atoms with Crippen LogP contribution >= 0.6 is 15.9 Å². The van der Waals surface area contributed by atoms with Gasteiger partial charge in [-0.1, -0.05) is 12.1 Å². The van der Waals surface area contributed by atoms with Crippen molar-refractivity contribution < 1.29 is 14.6 Å². The topological polar surface area (TPSA) is 50.7 Å². The van der Waals surface area contributed by atoms with Crippen molar-refractivity contribution in [3.05, 3.63) is 46.4 Å². The third kappa shape index (κ3) is 2.46. The fourth-order valence-corrected chi connectivity index (χ4v) is 2.33. The van der Waals surface area contributed by atoms with E-state index in [9.17, 15) is 5.11 Å². The normalized spacial score (nSPS) is 12.5. The van der Waals surface area contributed by atoms with Gasteiger partial charge in [0.25, 0.3) is 0 Å². The first-order valence-electron chi connectivity index (χ1n) is 5.84. The summed E-state index contributed by atoms with van der Waals surface area (Å²) in [4.78, 5) is 0. The molecule has 0 saturated heterocycles. The Morgan fingerprint density at radius 3 is 2.68 bits per heavy atom. The number of phenolic OH excluding ortho intramolecular Hbond substituents is 1. The molecular formula is C14H12BrNO3. The van der Waals surface area contributed by atoms with E-state index < -0.39 is 0 Å². The SMILES string of the molecule is Oc1cc2c(cc1CNc1ccccc1Br)OCO2. The van der Waals surface area contributed by atoms with Gasteiger partial charge in [-0.05, 0) is 34.1 Å². The molecule has 19 heavy (non-hydrogen) atoms. The zero-order valence-electron chi connectivity index (χ0n) is 10.0. The number of rotatable bonds is 3. The molecule has 0 spiro atoms. The highest BCUT2D eigenvalue weighted by Gasteiger charge is 2.16. The van der Waals surface area contributed by atoms with Crippen LogP contribution in [-0.4, -0.2) is 11.9 Å². The van der Waals surface area contributed by atoms with Crippen molar-refractivity contribution in [2.24, 2.45) is 0 Å². The fraction of sp³-hybridized carbons (Fsp3) is 0.143. The minimum Gasteiger partial charge on any atom is -0.507 e. The molecule has 1 aliphatic rings. The molecule has 2 aromatic carbocycles. The number of benzene rings is 2. The molecule has 1 aliphatic heterocycles. The van der Waals surface area contributed by atoms with Crippen LogP contribution in [0, 0.1) is 0 Å². The molecule has 5 heteroatoms. The van der Waals surface area contributed by atoms with Gasteiger partial charge in [-0.15, -0.1) is 0 Å². The smallest absolute Gasteiger partial charge is 0.231 e. The molecule has 4 nitrogen and oxygen atoms in total. The van der Waals surface area contributed by atoms with E-state index in [0.29, 0.717) is 18.0 Å². The quantitative estimate of drug-likeness (QED) is 0.908. The lowest BCUT2D eigenvalue weighted by Crippen LogP contribution is -2.00. The number of halogens is 1. The Labute approximate surface area is 119 Å². The summed E-state index contributed by atoms with van der Waals surface area (Å²) in [5, 5.41) is 13.2. The highest BCUT2D eigenvalue weighted by molar-refractivity contribution is 9.10. The Balaban J connectivity index is 1.79. The number of para-hydroxylation sites is 1. The van der Waals surface area contributed by atoms with Crippen LogP contribution < -0.4 is 14.8 Å². The van der Waals surface area contributed by atoms with Gasteiger partial charge in [0.15, 0.2) is 11.5 Å². The molecule has 0 aliphatic carbocycles. The minimum atomic E-state index is 0.198. The van der Waals surface area contributed by atoms with E-state index in [1.165, 1.54) is 0 Å². The van der Waals surface area contributed by atoms with Gasteiger partial charge in [-0.2, -0.15) is 0 Å². The van der Waals surface area contributed by atoms with E-state index in [1.54, 1.807) is 12.1 Å². The van der Waals surface area contributed by atoms with Crippen LogP contribution in [0.2, 0.25) is 0 Å². The maximum absolute atomic E-state index is 9.93. The molecule has 0 atom stereocenters. The molecule has 0 radical (unpaired) electrons. The maximum Gasteiger partial charge on any atom is 0.231 e. The Hall–Kier alpha value is -1.88. The van der Waals surface area contributed by atoms with Crippen LogP contribution in [-0.2, 0) is 6.54 Å². The van der Waals surface area contributed by atoms with Crippen molar-refractivity contribution >= 4 is 21.6 Å². The molecular weight excluding hydrogens is 310 g/mol. The summed E-state index contributed by atoms with van der Waals surface area (Å²) >= 11 is 3.47. The van der Waals surface area contributed by atoms with Gasteiger partial charge < -0.3 is 19.9 Å². The van der Waals surface area contributed by atoms with E-state index in [-0.39, 0.29) is 12.5 Å². The van der Waals surface area contributed by atoms with Crippen molar-refractivity contribution in [3.63, 3.8) is 0 Å². The first-order chi connectivity index (χ1) is 9.24. The van der Waals surface area contributed by atoms with Crippen LogP contribution in [0.1, 0.15) is 5.56 Å². The highest BCUT2D eigenvalue weighted by Crippen LogP contribution is 2.37. The molecule has 0 amide bonds. The average molecular weight is 322 g/mol. The number of anilines is 1. The minimum absolute atomic E-state index is 0.198. The monoisotopic (exact) mass is 321 g/mol. The molecule has 3 rings (SSSR count). The Morgan fingerprint density at radius 2 is 1.89 bits per heavy atom. The lowest BCUT2D eigenvalue weighted by atomic mass is 10.1. The van der Waals surface area contributed by atoms with Gasteiger partial charge in [0.2, 0.25) is 6.79 Å². The van der Waals surface area contributed by atoms with Crippen LogP contribution in [0.15, 0.2) is 40.9 Å². The van der Waals surface area contributed by atoms with Gasteiger partial charge in [0.05, 0.1) is 0 Å². The standard InChI is InChI=1S/C14H12BrNO3/c15-10-3-1-2-4-11(10)16-7-9-5-13-14(6-12(9)17)19-8-18-13/h1-6,16-17H,7-8H2. The van der Waals surface area contributed by atoms with Crippen LogP contribution in [0.4, 0.5) is 5.69 Å². The Kier molecular flexibility index (Phi) is 3.21. The van der Waals surface area contributed by atoms with Gasteiger partial charge in [-0.25, -0.2) is 0 Å². The third-order valence-corrected chi connectivity index (χ3v) is 3.61. The van der Waals surface area contributed by atoms with Crippen molar-refractivity contribution in [1.82, 2.24) is 0 Å². The second-order valence-corrected chi connectivity index (χ2v) is 5.02. The first-order valence-corrected chi connectivity index (χ1v) is 6.63. The van der Waals surface area contributed by atoms with E-state index in [4.69, 9.17) is 9.47 Å². The lowest BCUT2D eigenvalue weighted by Gasteiger charge is -2.10. The second-order valence-electron chi connectivity index (χ2n) is 4.17. The summed E-state index contributed by atoms with van der Waals surface area (Å²) in [6.45, 7) is 0.709. The number of ether oxygens (including phenoxy) is 2. The van der Waals surface area contributed by atoms with Crippen LogP contribution in [0.5, 0.6) is 17.2 Å². The molecule has 1 heterocycles. The van der Waals surface area contributed by atoms with Gasteiger partial charge in [-0.3, -0.25) is 0 Å². The summed E-state index contributed by atoms with van der Waals surface area (Å²) < 4.78 is 11.5. The number of hydrogen-bond acceptors (Lipinski definition) is 4. The molecule has 0 aromatic heterocycles. The average Bonchev–Trinajstić information content (AvgIpc) is 2.84. The Morgan fingerprint density at radius 1 is 1.16 bits per heavy atom. The van der Waals surface area contributed by atoms with Gasteiger partial charge in [0.1, 0.15) is 5.75 Å². The van der Waals surface area contributed by atoms with Crippen LogP contribution in [0.3, 0.4) is 0 Å². The second kappa shape index (κ2) is 5.01. The van der Waals surface area contributed by atoms with Crippen molar-refractivity contribution in [1.29, 1.82) is 0 Å². The fourth-order valence-electron chi connectivity index (χ4n) is 1.91. The molecule has 2 aromatic rings. The number of hydrogen-bond donors (Lipinski definition) is 2. The Bertz CT molecular complexity index is 616. The number of aromatic hydroxyl groups is 1. The zero-order valence-corrected chi connectivity index (χ0v) is 11.6. The number of fused-ring (bicyclic) bond motifs is 1. The van der Waals surface area contributed by atoms with E-state index in [1.807, 2.05) is 24.3 Å². The number of nitrogens with one attached hydrogen (secondary N) is 1. The maximum atomic E-state index is 9.93. The van der Waals surface area contributed by atoms with Gasteiger partial charge in [0, 0.05) is 28.3 Å². The third-order valence-electron chi connectivity index (χ3n) is 2.92. The molecule has 98 valence electrons. The summed E-state index contributed by atoms with van der Waals surface area (Å²) in [5.74, 6) is 1.45. The molecule has 0 unspecified atom stereocenters. The summed E-state index contributed by atoms with van der Waals surface area (Å²) in [7, 11) is 0. The predicted molar refractivity (Wildman–Crippen MR) is 75.7 cm³/mol. The summed E-state index contributed by atoms with van der Waals surface area (Å²) in [6, 6.07) is 11.2.